The number of rotatable bonds is 6. The van der Waals surface area contributed by atoms with Crippen LogP contribution in [0.25, 0.3) is 0 Å². The van der Waals surface area contributed by atoms with E-state index >= 15 is 0 Å². The molecule has 1 aromatic heterocycles. The number of halogens is 1. The maximum Gasteiger partial charge on any atom is 0.130 e. The van der Waals surface area contributed by atoms with E-state index in [0.717, 1.165) is 30.0 Å². The molecule has 1 unspecified atom stereocenters. The molecule has 1 rings (SSSR count). The second kappa shape index (κ2) is 6.86. The molecule has 0 spiro atoms. The zero-order valence-corrected chi connectivity index (χ0v) is 11.7. The molecule has 0 amide bonds. The minimum absolute atomic E-state index is 0.469. The highest BCUT2D eigenvalue weighted by Gasteiger charge is 2.13. The Morgan fingerprint density at radius 2 is 2.25 bits per heavy atom. The smallest absolute Gasteiger partial charge is 0.130 e. The quantitative estimate of drug-likeness (QED) is 0.752. The van der Waals surface area contributed by atoms with Crippen LogP contribution < -0.4 is 4.90 Å². The fourth-order valence-electron chi connectivity index (χ4n) is 1.53. The van der Waals surface area contributed by atoms with Crippen LogP contribution in [0, 0.1) is 0 Å². The highest BCUT2D eigenvalue weighted by Crippen LogP contribution is 2.18. The molecule has 0 saturated heterocycles. The molecule has 4 heteroatoms. The van der Waals surface area contributed by atoms with Gasteiger partial charge in [-0.15, -0.1) is 0 Å². The maximum absolute atomic E-state index is 5.14. The van der Waals surface area contributed by atoms with Gasteiger partial charge in [0.25, 0.3) is 0 Å². The van der Waals surface area contributed by atoms with Gasteiger partial charge < -0.3 is 9.64 Å². The van der Waals surface area contributed by atoms with Crippen LogP contribution in [-0.2, 0) is 4.74 Å². The summed E-state index contributed by atoms with van der Waals surface area (Å²) in [5.41, 5.74) is 0. The van der Waals surface area contributed by atoms with E-state index in [9.17, 15) is 0 Å². The Morgan fingerprint density at radius 3 is 2.81 bits per heavy atom. The largest absolute Gasteiger partial charge is 0.383 e. The van der Waals surface area contributed by atoms with Crippen molar-refractivity contribution in [2.45, 2.75) is 26.3 Å². The summed E-state index contributed by atoms with van der Waals surface area (Å²) >= 11 is 3.40. The first kappa shape index (κ1) is 13.5. The number of hydrogen-bond donors (Lipinski definition) is 0. The summed E-state index contributed by atoms with van der Waals surface area (Å²) in [7, 11) is 1.73. The Balaban J connectivity index is 2.82. The Kier molecular flexibility index (Phi) is 5.77. The zero-order chi connectivity index (χ0) is 12.0. The Bertz CT molecular complexity index is 320. The van der Waals surface area contributed by atoms with Gasteiger partial charge in [-0.1, -0.05) is 13.0 Å². The van der Waals surface area contributed by atoms with Gasteiger partial charge in [-0.3, -0.25) is 0 Å². The van der Waals surface area contributed by atoms with Crippen LogP contribution in [-0.4, -0.2) is 31.3 Å². The molecule has 16 heavy (non-hydrogen) atoms. The molecular formula is C12H19BrN2O. The van der Waals surface area contributed by atoms with Crippen molar-refractivity contribution in [3.05, 3.63) is 22.8 Å². The van der Waals surface area contributed by atoms with Gasteiger partial charge in [-0.2, -0.15) is 0 Å². The average Bonchev–Trinajstić information content (AvgIpc) is 2.29. The summed E-state index contributed by atoms with van der Waals surface area (Å²) in [6.07, 6.45) is 1.10. The molecule has 0 fully saturated rings. The number of hydrogen-bond acceptors (Lipinski definition) is 3. The van der Waals surface area contributed by atoms with Crippen molar-refractivity contribution in [2.75, 3.05) is 25.2 Å². The highest BCUT2D eigenvalue weighted by atomic mass is 79.9. The molecule has 1 heterocycles. The van der Waals surface area contributed by atoms with Crippen LogP contribution in [0.3, 0.4) is 0 Å². The van der Waals surface area contributed by atoms with Crippen molar-refractivity contribution >= 4 is 21.7 Å². The van der Waals surface area contributed by atoms with Gasteiger partial charge in [0.2, 0.25) is 0 Å². The first-order valence-electron chi connectivity index (χ1n) is 5.57. The van der Waals surface area contributed by atoms with Gasteiger partial charge in [0.05, 0.1) is 6.61 Å². The minimum atomic E-state index is 0.469. The summed E-state index contributed by atoms with van der Waals surface area (Å²) in [6, 6.07) is 6.45. The lowest BCUT2D eigenvalue weighted by Crippen LogP contribution is -2.36. The molecule has 1 atom stereocenters. The van der Waals surface area contributed by atoms with E-state index < -0.39 is 0 Å². The molecule has 0 aliphatic heterocycles. The minimum Gasteiger partial charge on any atom is -0.383 e. The fraction of sp³-hybridized carbons (Fsp3) is 0.583. The Morgan fingerprint density at radius 1 is 1.50 bits per heavy atom. The normalized spacial score (nSPS) is 12.5. The van der Waals surface area contributed by atoms with Gasteiger partial charge in [0, 0.05) is 19.7 Å². The lowest BCUT2D eigenvalue weighted by molar-refractivity contribution is 0.203. The highest BCUT2D eigenvalue weighted by molar-refractivity contribution is 9.10. The molecule has 0 aliphatic rings. The number of aromatic nitrogens is 1. The second-order valence-electron chi connectivity index (χ2n) is 3.76. The van der Waals surface area contributed by atoms with Crippen molar-refractivity contribution in [1.29, 1.82) is 0 Å². The molecule has 0 radical (unpaired) electrons. The van der Waals surface area contributed by atoms with Crippen molar-refractivity contribution < 1.29 is 4.74 Å². The molecule has 0 aliphatic carbocycles. The zero-order valence-electron chi connectivity index (χ0n) is 10.1. The van der Waals surface area contributed by atoms with E-state index in [-0.39, 0.29) is 0 Å². The molecule has 0 bridgehead atoms. The lowest BCUT2D eigenvalue weighted by atomic mass is 10.2. The van der Waals surface area contributed by atoms with E-state index in [4.69, 9.17) is 4.74 Å². The second-order valence-corrected chi connectivity index (χ2v) is 4.57. The molecular weight excluding hydrogens is 268 g/mol. The fourth-order valence-corrected chi connectivity index (χ4v) is 1.86. The summed E-state index contributed by atoms with van der Waals surface area (Å²) in [4.78, 5) is 6.75. The number of pyridine rings is 1. The van der Waals surface area contributed by atoms with E-state index in [1.54, 1.807) is 7.11 Å². The number of methoxy groups -OCH3 is 1. The first-order chi connectivity index (χ1) is 7.69. The summed E-state index contributed by atoms with van der Waals surface area (Å²) < 4.78 is 6.01. The van der Waals surface area contributed by atoms with Crippen LogP contribution in [0.4, 0.5) is 5.82 Å². The predicted molar refractivity (Wildman–Crippen MR) is 70.9 cm³/mol. The Hall–Kier alpha value is -0.610. The van der Waals surface area contributed by atoms with E-state index in [1.807, 2.05) is 18.2 Å². The van der Waals surface area contributed by atoms with Crippen LogP contribution in [0.1, 0.15) is 20.3 Å². The lowest BCUT2D eigenvalue weighted by Gasteiger charge is -2.29. The van der Waals surface area contributed by atoms with E-state index in [0.29, 0.717) is 6.04 Å². The summed E-state index contributed by atoms with van der Waals surface area (Å²) in [5.74, 6) is 1.00. The van der Waals surface area contributed by atoms with E-state index in [1.165, 1.54) is 0 Å². The first-order valence-corrected chi connectivity index (χ1v) is 6.36. The number of nitrogens with zero attached hydrogens (tertiary/aromatic N) is 2. The van der Waals surface area contributed by atoms with Crippen LogP contribution >= 0.6 is 15.9 Å². The molecule has 3 nitrogen and oxygen atoms in total. The third-order valence-corrected chi connectivity index (χ3v) is 3.10. The monoisotopic (exact) mass is 286 g/mol. The number of anilines is 1. The van der Waals surface area contributed by atoms with Crippen LogP contribution in [0.15, 0.2) is 22.8 Å². The molecule has 0 aromatic carbocycles. The standard InChI is InChI=1S/C12H19BrN2O/c1-4-10(2)15(8-9-16-3)12-7-5-6-11(13)14-12/h5-7,10H,4,8-9H2,1-3H3. The summed E-state index contributed by atoms with van der Waals surface area (Å²) in [5, 5.41) is 0. The Labute approximate surface area is 106 Å². The van der Waals surface area contributed by atoms with Gasteiger partial charge in [0.1, 0.15) is 10.4 Å². The van der Waals surface area contributed by atoms with Crippen molar-refractivity contribution in [1.82, 2.24) is 4.98 Å². The maximum atomic E-state index is 5.14. The van der Waals surface area contributed by atoms with Crippen LogP contribution in [0.2, 0.25) is 0 Å². The molecule has 0 N–H and O–H groups in total. The molecule has 1 aromatic rings. The molecule has 90 valence electrons. The van der Waals surface area contributed by atoms with Crippen molar-refractivity contribution in [3.8, 4) is 0 Å². The predicted octanol–water partition coefficient (Wildman–Crippen LogP) is 3.10. The van der Waals surface area contributed by atoms with E-state index in [2.05, 4.69) is 39.7 Å². The topological polar surface area (TPSA) is 25.4 Å². The summed E-state index contributed by atoms with van der Waals surface area (Å²) in [6.45, 7) is 5.98. The van der Waals surface area contributed by atoms with Gasteiger partial charge in [0.15, 0.2) is 0 Å². The SMILES string of the molecule is CCC(C)N(CCOC)c1cccc(Br)n1. The van der Waals surface area contributed by atoms with Crippen molar-refractivity contribution in [2.24, 2.45) is 0 Å². The number of ether oxygens (including phenoxy) is 1. The van der Waals surface area contributed by atoms with Crippen molar-refractivity contribution in [3.63, 3.8) is 0 Å². The average molecular weight is 287 g/mol. The van der Waals surface area contributed by atoms with Crippen LogP contribution in [0.5, 0.6) is 0 Å². The molecule has 0 saturated carbocycles. The van der Waals surface area contributed by atoms with Gasteiger partial charge in [-0.05, 0) is 41.4 Å². The van der Waals surface area contributed by atoms with Gasteiger partial charge >= 0.3 is 0 Å². The third-order valence-electron chi connectivity index (χ3n) is 2.65. The van der Waals surface area contributed by atoms with Gasteiger partial charge in [-0.25, -0.2) is 4.98 Å². The third kappa shape index (κ3) is 3.76.